The van der Waals surface area contributed by atoms with E-state index in [1.807, 2.05) is 36.4 Å². The molecule has 1 saturated heterocycles. The summed E-state index contributed by atoms with van der Waals surface area (Å²) >= 11 is 0. The van der Waals surface area contributed by atoms with Crippen molar-refractivity contribution >= 4 is 16.5 Å². The topological polar surface area (TPSA) is 135 Å². The van der Waals surface area contributed by atoms with Gasteiger partial charge in [0.2, 0.25) is 0 Å². The predicted molar refractivity (Wildman–Crippen MR) is 121 cm³/mol. The summed E-state index contributed by atoms with van der Waals surface area (Å²) in [7, 11) is 0. The predicted octanol–water partition coefficient (Wildman–Crippen LogP) is 1.96. The maximum absolute atomic E-state index is 10.1. The smallest absolute Gasteiger partial charge is 0.184 e. The van der Waals surface area contributed by atoms with E-state index in [0.717, 1.165) is 60.7 Å². The Balaban J connectivity index is 1.24. The van der Waals surface area contributed by atoms with Gasteiger partial charge in [0.1, 0.15) is 30.2 Å². The fourth-order valence-corrected chi connectivity index (χ4v) is 3.96. The van der Waals surface area contributed by atoms with E-state index < -0.39 is 37.3 Å². The number of hydrogen-bond donors (Lipinski definition) is 5. The lowest BCUT2D eigenvalue weighted by molar-refractivity contribution is -0.294. The van der Waals surface area contributed by atoms with Crippen LogP contribution in [0.3, 0.4) is 0 Å². The van der Waals surface area contributed by atoms with Crippen molar-refractivity contribution < 1.29 is 34.6 Å². The third-order valence-electron chi connectivity index (χ3n) is 5.84. The van der Waals surface area contributed by atoms with Gasteiger partial charge in [0.15, 0.2) is 6.29 Å². The molecule has 32 heavy (non-hydrogen) atoms. The lowest BCUT2D eigenvalue weighted by Gasteiger charge is -2.39. The molecule has 0 aliphatic carbocycles. The number of aliphatic hydroxyl groups excluding tert-OH is 4. The second-order valence-corrected chi connectivity index (χ2v) is 8.26. The summed E-state index contributed by atoms with van der Waals surface area (Å²) in [5.74, 6) is 0.853. The first-order valence-electron chi connectivity index (χ1n) is 11.3. The van der Waals surface area contributed by atoms with Crippen LogP contribution in [0.15, 0.2) is 36.4 Å². The second kappa shape index (κ2) is 12.3. The van der Waals surface area contributed by atoms with Crippen LogP contribution in [0.1, 0.15) is 38.5 Å². The summed E-state index contributed by atoms with van der Waals surface area (Å²) < 4.78 is 16.4. The zero-order valence-corrected chi connectivity index (χ0v) is 18.3. The highest BCUT2D eigenvalue weighted by Gasteiger charge is 2.44. The number of unbranched alkanes of at least 4 members (excludes halogenated alkanes) is 5. The highest BCUT2D eigenvalue weighted by molar-refractivity contribution is 5.93. The third-order valence-corrected chi connectivity index (χ3v) is 5.84. The van der Waals surface area contributed by atoms with Crippen molar-refractivity contribution in [2.45, 2.75) is 69.2 Å². The molecule has 0 saturated carbocycles. The Labute approximate surface area is 188 Å². The van der Waals surface area contributed by atoms with Gasteiger partial charge >= 0.3 is 0 Å². The average Bonchev–Trinajstić information content (AvgIpc) is 2.79. The maximum atomic E-state index is 10.1. The molecule has 1 aliphatic rings. The Bertz CT molecular complexity index is 833. The van der Waals surface area contributed by atoms with Crippen molar-refractivity contribution in [1.29, 1.82) is 0 Å². The van der Waals surface area contributed by atoms with Crippen LogP contribution in [0.25, 0.3) is 10.8 Å². The molecular formula is C24H35NO7. The Morgan fingerprint density at radius 3 is 2.34 bits per heavy atom. The fourth-order valence-electron chi connectivity index (χ4n) is 3.96. The van der Waals surface area contributed by atoms with E-state index in [-0.39, 0.29) is 0 Å². The lowest BCUT2D eigenvalue weighted by atomic mass is 9.99. The standard InChI is InChI=1S/C24H35NO7/c25-19-9-7-8-16-14-17(10-11-18(16)19)30-12-5-3-1-2-4-6-13-31-23-21(27)20(15-26)32-24(29)22(23)28/h7-11,14,20-24,26-29H,1-6,12-13,15,25H2/t20-,21-,22-,23+,24?/m1/s1. The van der Waals surface area contributed by atoms with E-state index >= 15 is 0 Å². The number of fused-ring (bicyclic) bond motifs is 1. The number of hydrogen-bond acceptors (Lipinski definition) is 8. The average molecular weight is 450 g/mol. The molecule has 0 amide bonds. The molecule has 2 aromatic carbocycles. The Morgan fingerprint density at radius 1 is 0.875 bits per heavy atom. The van der Waals surface area contributed by atoms with Crippen molar-refractivity contribution in [1.82, 2.24) is 0 Å². The van der Waals surface area contributed by atoms with Gasteiger partial charge in [-0.15, -0.1) is 0 Å². The molecule has 0 spiro atoms. The summed E-state index contributed by atoms with van der Waals surface area (Å²) in [6, 6.07) is 11.8. The molecule has 178 valence electrons. The molecule has 0 radical (unpaired) electrons. The van der Waals surface area contributed by atoms with Gasteiger partial charge in [0.05, 0.1) is 13.2 Å². The Kier molecular flexibility index (Phi) is 9.52. The molecule has 6 N–H and O–H groups in total. The first kappa shape index (κ1) is 24.7. The van der Waals surface area contributed by atoms with Crippen LogP contribution < -0.4 is 10.5 Å². The van der Waals surface area contributed by atoms with Crippen molar-refractivity contribution in [3.05, 3.63) is 36.4 Å². The molecule has 0 bridgehead atoms. The normalized spacial score (nSPS) is 25.8. The summed E-state index contributed by atoms with van der Waals surface area (Å²) in [5, 5.41) is 41.0. The summed E-state index contributed by atoms with van der Waals surface area (Å²) in [6.45, 7) is 0.577. The van der Waals surface area contributed by atoms with Crippen LogP contribution >= 0.6 is 0 Å². The molecule has 8 nitrogen and oxygen atoms in total. The number of nitrogen functional groups attached to an aromatic ring is 1. The number of aliphatic hydroxyl groups is 4. The molecule has 0 aromatic heterocycles. The van der Waals surface area contributed by atoms with E-state index in [1.54, 1.807) is 0 Å². The quantitative estimate of drug-likeness (QED) is 0.245. The zero-order chi connectivity index (χ0) is 22.9. The number of benzene rings is 2. The minimum atomic E-state index is -1.48. The summed E-state index contributed by atoms with van der Waals surface area (Å²) in [4.78, 5) is 0. The van der Waals surface area contributed by atoms with E-state index in [4.69, 9.17) is 19.9 Å². The minimum absolute atomic E-state index is 0.360. The molecule has 1 unspecified atom stereocenters. The molecule has 1 heterocycles. The highest BCUT2D eigenvalue weighted by atomic mass is 16.6. The van der Waals surface area contributed by atoms with Gasteiger partial charge in [-0.2, -0.15) is 0 Å². The molecule has 3 rings (SSSR count). The third kappa shape index (κ3) is 6.54. The SMILES string of the molecule is Nc1cccc2cc(OCCCCCCCCO[C@H]3[C@H](O)[C@@H](CO)OC(O)[C@@H]3O)ccc12. The van der Waals surface area contributed by atoms with Gasteiger partial charge in [-0.1, -0.05) is 37.8 Å². The van der Waals surface area contributed by atoms with E-state index in [9.17, 15) is 20.4 Å². The first-order chi connectivity index (χ1) is 15.5. The molecular weight excluding hydrogens is 414 g/mol. The van der Waals surface area contributed by atoms with Gasteiger partial charge in [0.25, 0.3) is 0 Å². The summed E-state index contributed by atoms with van der Waals surface area (Å²) in [5.41, 5.74) is 6.75. The van der Waals surface area contributed by atoms with Crippen molar-refractivity contribution in [3.63, 3.8) is 0 Å². The minimum Gasteiger partial charge on any atom is -0.494 e. The van der Waals surface area contributed by atoms with Crippen LogP contribution in [0, 0.1) is 0 Å². The van der Waals surface area contributed by atoms with Gasteiger partial charge in [-0.25, -0.2) is 0 Å². The fraction of sp³-hybridized carbons (Fsp3) is 0.583. The van der Waals surface area contributed by atoms with Crippen molar-refractivity contribution in [3.8, 4) is 5.75 Å². The van der Waals surface area contributed by atoms with Crippen LogP contribution in [-0.2, 0) is 9.47 Å². The van der Waals surface area contributed by atoms with Crippen LogP contribution in [0.2, 0.25) is 0 Å². The maximum Gasteiger partial charge on any atom is 0.184 e. The lowest BCUT2D eigenvalue weighted by Crippen LogP contribution is -2.59. The number of ether oxygens (including phenoxy) is 3. The van der Waals surface area contributed by atoms with Crippen LogP contribution in [-0.4, -0.2) is 71.0 Å². The van der Waals surface area contributed by atoms with Gasteiger partial charge in [-0.3, -0.25) is 0 Å². The monoisotopic (exact) mass is 449 g/mol. The first-order valence-corrected chi connectivity index (χ1v) is 11.3. The largest absolute Gasteiger partial charge is 0.494 e. The van der Waals surface area contributed by atoms with Gasteiger partial charge in [0, 0.05) is 17.7 Å². The van der Waals surface area contributed by atoms with Crippen LogP contribution in [0.4, 0.5) is 5.69 Å². The summed E-state index contributed by atoms with van der Waals surface area (Å²) in [6.07, 6.45) is 0.0109. The van der Waals surface area contributed by atoms with E-state index in [0.29, 0.717) is 13.2 Å². The second-order valence-electron chi connectivity index (χ2n) is 8.26. The molecule has 1 fully saturated rings. The number of rotatable bonds is 12. The van der Waals surface area contributed by atoms with Gasteiger partial charge < -0.3 is 40.4 Å². The molecule has 5 atom stereocenters. The molecule has 8 heteroatoms. The van der Waals surface area contributed by atoms with Gasteiger partial charge in [-0.05, 0) is 42.5 Å². The van der Waals surface area contributed by atoms with Crippen molar-refractivity contribution in [2.75, 3.05) is 25.6 Å². The Hall–Kier alpha value is -1.94. The van der Waals surface area contributed by atoms with E-state index in [1.165, 1.54) is 0 Å². The Morgan fingerprint density at radius 2 is 1.59 bits per heavy atom. The van der Waals surface area contributed by atoms with Crippen molar-refractivity contribution in [2.24, 2.45) is 0 Å². The molecule has 1 aliphatic heterocycles. The number of nitrogens with two attached hydrogens (primary N) is 1. The van der Waals surface area contributed by atoms with E-state index in [2.05, 4.69) is 0 Å². The zero-order valence-electron chi connectivity index (χ0n) is 18.3. The number of anilines is 1. The van der Waals surface area contributed by atoms with Crippen LogP contribution in [0.5, 0.6) is 5.75 Å². The molecule has 2 aromatic rings. The highest BCUT2D eigenvalue weighted by Crippen LogP contribution is 2.25.